The van der Waals surface area contributed by atoms with E-state index in [2.05, 4.69) is 16.0 Å². The number of sulfonamides is 1. The van der Waals surface area contributed by atoms with E-state index in [1.165, 1.54) is 18.8 Å². The number of carbonyl (C=O) groups excluding carboxylic acids is 2. The summed E-state index contributed by atoms with van der Waals surface area (Å²) in [7, 11) is -1.20. The number of hydrogen-bond acceptors (Lipinski definition) is 5. The summed E-state index contributed by atoms with van der Waals surface area (Å²) in [5.74, 6) is -2.48. The van der Waals surface area contributed by atoms with Gasteiger partial charge in [-0.3, -0.25) is 25.1 Å². The van der Waals surface area contributed by atoms with Gasteiger partial charge in [0.25, 0.3) is 11.8 Å². The standard InChI is InChI=1S/C16H20FN5O4S/c1-10-7-11(2)22(20-10)9-15(23)18-19-16(24)13-8-12(5-6-14(13)17)27(25,26)21(3)4/h5-8H,9H2,1-4H3,(H,18,23)(H,19,24). The van der Waals surface area contributed by atoms with Crippen molar-refractivity contribution in [2.24, 2.45) is 0 Å². The summed E-state index contributed by atoms with van der Waals surface area (Å²) in [5, 5.41) is 4.12. The molecule has 0 saturated heterocycles. The van der Waals surface area contributed by atoms with E-state index in [0.29, 0.717) is 0 Å². The van der Waals surface area contributed by atoms with E-state index in [1.54, 1.807) is 19.9 Å². The van der Waals surface area contributed by atoms with Crippen LogP contribution in [-0.4, -0.2) is 48.4 Å². The number of rotatable bonds is 5. The second-order valence-electron chi connectivity index (χ2n) is 6.02. The van der Waals surface area contributed by atoms with Crippen LogP contribution < -0.4 is 10.9 Å². The monoisotopic (exact) mass is 397 g/mol. The molecule has 0 fully saturated rings. The van der Waals surface area contributed by atoms with E-state index in [4.69, 9.17) is 0 Å². The number of halogens is 1. The number of nitrogens with zero attached hydrogens (tertiary/aromatic N) is 3. The number of benzene rings is 1. The molecular formula is C16H20FN5O4S. The minimum atomic E-state index is -3.84. The summed E-state index contributed by atoms with van der Waals surface area (Å²) in [6.45, 7) is 3.41. The summed E-state index contributed by atoms with van der Waals surface area (Å²) in [6, 6.07) is 4.64. The number of hydrogen-bond donors (Lipinski definition) is 2. The molecule has 2 amide bonds. The summed E-state index contributed by atoms with van der Waals surface area (Å²) in [6.07, 6.45) is 0. The number of amides is 2. The molecule has 146 valence electrons. The SMILES string of the molecule is Cc1cc(C)n(CC(=O)NNC(=O)c2cc(S(=O)(=O)N(C)C)ccc2F)n1. The lowest BCUT2D eigenvalue weighted by Gasteiger charge is -2.13. The van der Waals surface area contributed by atoms with Crippen LogP contribution in [0, 0.1) is 19.7 Å². The first-order valence-corrected chi connectivity index (χ1v) is 9.28. The molecule has 0 aliphatic rings. The van der Waals surface area contributed by atoms with Gasteiger partial charge in [0, 0.05) is 19.8 Å². The average molecular weight is 397 g/mol. The number of hydrazine groups is 1. The molecule has 1 aromatic heterocycles. The molecule has 2 N–H and O–H groups in total. The van der Waals surface area contributed by atoms with Crippen LogP contribution in [0.5, 0.6) is 0 Å². The van der Waals surface area contributed by atoms with E-state index >= 15 is 0 Å². The van der Waals surface area contributed by atoms with Gasteiger partial charge in [0.15, 0.2) is 0 Å². The molecule has 2 aromatic rings. The predicted molar refractivity (Wildman–Crippen MR) is 94.6 cm³/mol. The molecule has 0 unspecified atom stereocenters. The van der Waals surface area contributed by atoms with Crippen molar-refractivity contribution < 1.29 is 22.4 Å². The molecule has 1 aromatic carbocycles. The zero-order valence-corrected chi connectivity index (χ0v) is 16.1. The molecule has 0 radical (unpaired) electrons. The Labute approximate surface area is 156 Å². The van der Waals surface area contributed by atoms with Crippen LogP contribution in [0.4, 0.5) is 4.39 Å². The molecule has 0 aliphatic heterocycles. The Balaban J connectivity index is 2.09. The molecule has 0 bridgehead atoms. The quantitative estimate of drug-likeness (QED) is 0.707. The lowest BCUT2D eigenvalue weighted by molar-refractivity contribution is -0.122. The molecule has 1 heterocycles. The molecular weight excluding hydrogens is 377 g/mol. The first-order chi connectivity index (χ1) is 12.5. The van der Waals surface area contributed by atoms with Gasteiger partial charge in [-0.15, -0.1) is 0 Å². The molecule has 9 nitrogen and oxygen atoms in total. The summed E-state index contributed by atoms with van der Waals surface area (Å²) in [5.41, 5.74) is 5.21. The molecule has 0 spiro atoms. The highest BCUT2D eigenvalue weighted by Crippen LogP contribution is 2.17. The maximum absolute atomic E-state index is 13.9. The van der Waals surface area contributed by atoms with Crippen LogP contribution in [0.15, 0.2) is 29.2 Å². The van der Waals surface area contributed by atoms with Gasteiger partial charge >= 0.3 is 0 Å². The largest absolute Gasteiger partial charge is 0.272 e. The lowest BCUT2D eigenvalue weighted by atomic mass is 10.2. The summed E-state index contributed by atoms with van der Waals surface area (Å²) >= 11 is 0. The van der Waals surface area contributed by atoms with Crippen molar-refractivity contribution in [3.63, 3.8) is 0 Å². The fourth-order valence-electron chi connectivity index (χ4n) is 2.25. The van der Waals surface area contributed by atoms with Gasteiger partial charge in [-0.05, 0) is 38.1 Å². The minimum absolute atomic E-state index is 0.141. The van der Waals surface area contributed by atoms with Crippen molar-refractivity contribution in [3.05, 3.63) is 47.0 Å². The van der Waals surface area contributed by atoms with E-state index in [1.807, 2.05) is 0 Å². The minimum Gasteiger partial charge on any atom is -0.271 e. The van der Waals surface area contributed by atoms with Crippen LogP contribution >= 0.6 is 0 Å². The van der Waals surface area contributed by atoms with Crippen LogP contribution in [0.3, 0.4) is 0 Å². The fourth-order valence-corrected chi connectivity index (χ4v) is 3.18. The Kier molecular flexibility index (Phi) is 5.96. The Morgan fingerprint density at radius 3 is 2.41 bits per heavy atom. The molecule has 27 heavy (non-hydrogen) atoms. The highest BCUT2D eigenvalue weighted by Gasteiger charge is 2.21. The third kappa shape index (κ3) is 4.68. The Morgan fingerprint density at radius 2 is 1.85 bits per heavy atom. The molecule has 11 heteroatoms. The second kappa shape index (κ2) is 7.84. The van der Waals surface area contributed by atoms with Crippen molar-refractivity contribution in [3.8, 4) is 0 Å². The Hall–Kier alpha value is -2.79. The van der Waals surface area contributed by atoms with Gasteiger partial charge in [0.1, 0.15) is 12.4 Å². The van der Waals surface area contributed by atoms with E-state index in [9.17, 15) is 22.4 Å². The number of aromatic nitrogens is 2. The number of carbonyl (C=O) groups is 2. The van der Waals surface area contributed by atoms with Gasteiger partial charge in [-0.2, -0.15) is 5.10 Å². The first kappa shape index (κ1) is 20.5. The van der Waals surface area contributed by atoms with Crippen LogP contribution in [0.2, 0.25) is 0 Å². The zero-order chi connectivity index (χ0) is 20.4. The second-order valence-corrected chi connectivity index (χ2v) is 8.17. The van der Waals surface area contributed by atoms with E-state index in [-0.39, 0.29) is 11.4 Å². The molecule has 2 rings (SSSR count). The van der Waals surface area contributed by atoms with E-state index < -0.39 is 33.2 Å². The fraction of sp³-hybridized carbons (Fsp3) is 0.312. The van der Waals surface area contributed by atoms with Crippen molar-refractivity contribution in [1.82, 2.24) is 24.9 Å². The predicted octanol–water partition coefficient (Wildman–Crippen LogP) is 0.351. The number of nitrogens with one attached hydrogen (secondary N) is 2. The van der Waals surface area contributed by atoms with Gasteiger partial charge in [-0.25, -0.2) is 17.1 Å². The smallest absolute Gasteiger partial charge is 0.271 e. The van der Waals surface area contributed by atoms with E-state index in [0.717, 1.165) is 33.9 Å². The van der Waals surface area contributed by atoms with Gasteiger partial charge < -0.3 is 0 Å². The topological polar surface area (TPSA) is 113 Å². The average Bonchev–Trinajstić information content (AvgIpc) is 2.89. The highest BCUT2D eigenvalue weighted by atomic mass is 32.2. The van der Waals surface area contributed by atoms with Crippen molar-refractivity contribution >= 4 is 21.8 Å². The van der Waals surface area contributed by atoms with Crippen molar-refractivity contribution in [2.75, 3.05) is 14.1 Å². The number of aryl methyl sites for hydroxylation is 2. The molecule has 0 aliphatic carbocycles. The van der Waals surface area contributed by atoms with Crippen LogP contribution in [0.25, 0.3) is 0 Å². The Bertz CT molecular complexity index is 985. The third-order valence-corrected chi connectivity index (χ3v) is 5.48. The highest BCUT2D eigenvalue weighted by molar-refractivity contribution is 7.89. The Morgan fingerprint density at radius 1 is 1.19 bits per heavy atom. The van der Waals surface area contributed by atoms with Gasteiger partial charge in [0.2, 0.25) is 10.0 Å². The van der Waals surface area contributed by atoms with Crippen molar-refractivity contribution in [1.29, 1.82) is 0 Å². The maximum atomic E-state index is 13.9. The zero-order valence-electron chi connectivity index (χ0n) is 15.3. The van der Waals surface area contributed by atoms with Crippen LogP contribution in [-0.2, 0) is 21.4 Å². The molecule has 0 saturated carbocycles. The third-order valence-electron chi connectivity index (χ3n) is 3.67. The van der Waals surface area contributed by atoms with Gasteiger partial charge in [-0.1, -0.05) is 0 Å². The first-order valence-electron chi connectivity index (χ1n) is 7.84. The normalized spacial score (nSPS) is 11.5. The lowest BCUT2D eigenvalue weighted by Crippen LogP contribution is -2.43. The van der Waals surface area contributed by atoms with Crippen LogP contribution in [0.1, 0.15) is 21.7 Å². The molecule has 0 atom stereocenters. The summed E-state index contributed by atoms with van der Waals surface area (Å²) < 4.78 is 40.6. The summed E-state index contributed by atoms with van der Waals surface area (Å²) in [4.78, 5) is 23.8. The maximum Gasteiger partial charge on any atom is 0.272 e. The van der Waals surface area contributed by atoms with Gasteiger partial charge in [0.05, 0.1) is 16.2 Å². The van der Waals surface area contributed by atoms with Crippen molar-refractivity contribution in [2.45, 2.75) is 25.3 Å².